The van der Waals surface area contributed by atoms with Gasteiger partial charge < -0.3 is 14.2 Å². The molecule has 0 aliphatic carbocycles. The molecule has 4 heteroatoms. The second kappa shape index (κ2) is 3.88. The van der Waals surface area contributed by atoms with E-state index in [0.717, 1.165) is 5.39 Å². The van der Waals surface area contributed by atoms with Crippen LogP contribution in [0.4, 0.5) is 5.88 Å². The Kier molecular flexibility index (Phi) is 2.42. The van der Waals surface area contributed by atoms with Gasteiger partial charge in [0.15, 0.2) is 11.5 Å². The standard InChI is InChI=1S/C15H15NO3/c1-15(2,3)16-12-8-10-13(19-12)9-6-4-5-7-11(9)18-14(10)17/h4-8,16H,1-3H3. The molecule has 2 aromatic heterocycles. The number of fused-ring (bicyclic) bond motifs is 3. The normalized spacial score (nSPS) is 12.2. The van der Waals surface area contributed by atoms with Gasteiger partial charge in [0.1, 0.15) is 11.0 Å². The fourth-order valence-electron chi connectivity index (χ4n) is 2.07. The van der Waals surface area contributed by atoms with Crippen LogP contribution in [0.5, 0.6) is 0 Å². The number of nitrogens with one attached hydrogen (secondary N) is 1. The summed E-state index contributed by atoms with van der Waals surface area (Å²) < 4.78 is 11.0. The van der Waals surface area contributed by atoms with Gasteiger partial charge in [-0.15, -0.1) is 0 Å². The molecule has 0 aliphatic rings. The highest BCUT2D eigenvalue weighted by Crippen LogP contribution is 2.29. The summed E-state index contributed by atoms with van der Waals surface area (Å²) in [6, 6.07) is 9.05. The Morgan fingerprint density at radius 3 is 2.53 bits per heavy atom. The first-order chi connectivity index (χ1) is 8.94. The summed E-state index contributed by atoms with van der Waals surface area (Å²) in [6.07, 6.45) is 0. The first-order valence-corrected chi connectivity index (χ1v) is 6.18. The lowest BCUT2D eigenvalue weighted by atomic mass is 10.1. The molecule has 3 aromatic rings. The average Bonchev–Trinajstić information content (AvgIpc) is 2.71. The molecule has 0 saturated heterocycles. The summed E-state index contributed by atoms with van der Waals surface area (Å²) in [4.78, 5) is 11.9. The SMILES string of the molecule is CC(C)(C)Nc1cc2c(=O)oc3ccccc3c2o1. The molecule has 0 fully saturated rings. The van der Waals surface area contributed by atoms with Crippen LogP contribution in [0, 0.1) is 0 Å². The zero-order valence-electron chi connectivity index (χ0n) is 11.1. The number of para-hydroxylation sites is 1. The smallest absolute Gasteiger partial charge is 0.347 e. The largest absolute Gasteiger partial charge is 0.440 e. The predicted octanol–water partition coefficient (Wildman–Crippen LogP) is 3.75. The Bertz CT molecular complexity index is 805. The minimum absolute atomic E-state index is 0.135. The maximum absolute atomic E-state index is 11.9. The van der Waals surface area contributed by atoms with Crippen molar-refractivity contribution in [3.05, 3.63) is 40.8 Å². The Hall–Kier alpha value is -2.23. The third kappa shape index (κ3) is 2.10. The van der Waals surface area contributed by atoms with Crippen LogP contribution in [0.15, 0.2) is 44.0 Å². The molecular weight excluding hydrogens is 242 g/mol. The fourth-order valence-corrected chi connectivity index (χ4v) is 2.07. The van der Waals surface area contributed by atoms with Gasteiger partial charge in [-0.3, -0.25) is 0 Å². The lowest BCUT2D eigenvalue weighted by Crippen LogP contribution is -2.25. The monoisotopic (exact) mass is 257 g/mol. The topological polar surface area (TPSA) is 55.4 Å². The van der Waals surface area contributed by atoms with Crippen LogP contribution in [0.3, 0.4) is 0 Å². The average molecular weight is 257 g/mol. The van der Waals surface area contributed by atoms with Crippen molar-refractivity contribution >= 4 is 27.8 Å². The van der Waals surface area contributed by atoms with E-state index in [4.69, 9.17) is 8.83 Å². The summed E-state index contributed by atoms with van der Waals surface area (Å²) in [6.45, 7) is 6.09. The lowest BCUT2D eigenvalue weighted by molar-refractivity contribution is 0.557. The van der Waals surface area contributed by atoms with Crippen molar-refractivity contribution in [1.29, 1.82) is 0 Å². The van der Waals surface area contributed by atoms with Crippen LogP contribution in [-0.4, -0.2) is 5.54 Å². The molecule has 1 N–H and O–H groups in total. The molecule has 0 radical (unpaired) electrons. The Morgan fingerprint density at radius 2 is 1.79 bits per heavy atom. The third-order valence-corrected chi connectivity index (χ3v) is 2.78. The maximum Gasteiger partial charge on any atom is 0.347 e. The fraction of sp³-hybridized carbons (Fsp3) is 0.267. The highest BCUT2D eigenvalue weighted by atomic mass is 16.4. The van der Waals surface area contributed by atoms with E-state index in [9.17, 15) is 4.79 Å². The molecule has 0 saturated carbocycles. The van der Waals surface area contributed by atoms with Gasteiger partial charge in [0.2, 0.25) is 0 Å². The van der Waals surface area contributed by atoms with Crippen LogP contribution < -0.4 is 10.9 Å². The van der Waals surface area contributed by atoms with Gasteiger partial charge in [-0.1, -0.05) is 12.1 Å². The van der Waals surface area contributed by atoms with Gasteiger partial charge in [-0.25, -0.2) is 4.79 Å². The lowest BCUT2D eigenvalue weighted by Gasteiger charge is -2.19. The molecule has 3 rings (SSSR count). The van der Waals surface area contributed by atoms with Crippen molar-refractivity contribution in [2.75, 3.05) is 5.32 Å². The molecule has 0 atom stereocenters. The summed E-state index contributed by atoms with van der Waals surface area (Å²) in [7, 11) is 0. The van der Waals surface area contributed by atoms with Crippen LogP contribution in [0.1, 0.15) is 20.8 Å². The number of anilines is 1. The van der Waals surface area contributed by atoms with Crippen molar-refractivity contribution in [1.82, 2.24) is 0 Å². The molecule has 2 heterocycles. The minimum Gasteiger partial charge on any atom is -0.440 e. The van der Waals surface area contributed by atoms with E-state index in [-0.39, 0.29) is 11.2 Å². The van der Waals surface area contributed by atoms with Crippen LogP contribution >= 0.6 is 0 Å². The van der Waals surface area contributed by atoms with Crippen molar-refractivity contribution in [3.8, 4) is 0 Å². The number of hydrogen-bond acceptors (Lipinski definition) is 4. The van der Waals surface area contributed by atoms with Crippen molar-refractivity contribution < 1.29 is 8.83 Å². The molecular formula is C15H15NO3. The van der Waals surface area contributed by atoms with E-state index in [0.29, 0.717) is 22.4 Å². The Labute approximate surface area is 110 Å². The number of hydrogen-bond donors (Lipinski definition) is 1. The molecule has 0 unspecified atom stereocenters. The van der Waals surface area contributed by atoms with Gasteiger partial charge in [0, 0.05) is 11.6 Å². The second-order valence-electron chi connectivity index (χ2n) is 5.61. The van der Waals surface area contributed by atoms with E-state index < -0.39 is 0 Å². The van der Waals surface area contributed by atoms with Gasteiger partial charge in [-0.05, 0) is 32.9 Å². The quantitative estimate of drug-likeness (QED) is 0.674. The maximum atomic E-state index is 11.9. The molecule has 0 spiro atoms. The predicted molar refractivity (Wildman–Crippen MR) is 75.6 cm³/mol. The Morgan fingerprint density at radius 1 is 1.05 bits per heavy atom. The summed E-state index contributed by atoms with van der Waals surface area (Å²) in [5.74, 6) is 0.575. The Balaban J connectivity index is 2.30. The molecule has 0 bridgehead atoms. The van der Waals surface area contributed by atoms with Crippen molar-refractivity contribution in [2.24, 2.45) is 0 Å². The van der Waals surface area contributed by atoms with E-state index >= 15 is 0 Å². The number of furan rings is 1. The van der Waals surface area contributed by atoms with Crippen molar-refractivity contribution in [2.45, 2.75) is 26.3 Å². The number of rotatable bonds is 1. The zero-order chi connectivity index (χ0) is 13.6. The first kappa shape index (κ1) is 11.8. The number of benzene rings is 1. The van der Waals surface area contributed by atoms with Crippen LogP contribution in [-0.2, 0) is 0 Å². The molecule has 0 amide bonds. The first-order valence-electron chi connectivity index (χ1n) is 6.18. The summed E-state index contributed by atoms with van der Waals surface area (Å²) >= 11 is 0. The van der Waals surface area contributed by atoms with Gasteiger partial charge in [0.25, 0.3) is 0 Å². The molecule has 98 valence electrons. The second-order valence-corrected chi connectivity index (χ2v) is 5.61. The third-order valence-electron chi connectivity index (χ3n) is 2.78. The van der Waals surface area contributed by atoms with E-state index in [1.165, 1.54) is 0 Å². The van der Waals surface area contributed by atoms with Crippen LogP contribution in [0.2, 0.25) is 0 Å². The summed E-state index contributed by atoms with van der Waals surface area (Å²) in [5, 5.41) is 4.48. The zero-order valence-corrected chi connectivity index (χ0v) is 11.1. The molecule has 4 nitrogen and oxygen atoms in total. The van der Waals surface area contributed by atoms with Gasteiger partial charge >= 0.3 is 5.63 Å². The van der Waals surface area contributed by atoms with Crippen molar-refractivity contribution in [3.63, 3.8) is 0 Å². The molecule has 1 aromatic carbocycles. The summed E-state index contributed by atoms with van der Waals surface area (Å²) in [5.41, 5.74) is 0.596. The highest BCUT2D eigenvalue weighted by Gasteiger charge is 2.16. The molecule has 0 aliphatic heterocycles. The highest BCUT2D eigenvalue weighted by molar-refractivity contribution is 6.01. The van der Waals surface area contributed by atoms with E-state index in [2.05, 4.69) is 5.32 Å². The molecule has 19 heavy (non-hydrogen) atoms. The minimum atomic E-state index is -0.376. The van der Waals surface area contributed by atoms with E-state index in [1.54, 1.807) is 12.1 Å². The van der Waals surface area contributed by atoms with Gasteiger partial charge in [0.05, 0.1) is 5.39 Å². The van der Waals surface area contributed by atoms with E-state index in [1.807, 2.05) is 39.0 Å². The van der Waals surface area contributed by atoms with Gasteiger partial charge in [-0.2, -0.15) is 0 Å². The van der Waals surface area contributed by atoms with Crippen LogP contribution in [0.25, 0.3) is 21.9 Å².